The molecule has 1 unspecified atom stereocenters. The maximum atomic E-state index is 13.4. The normalized spacial score (nSPS) is 15.6. The summed E-state index contributed by atoms with van der Waals surface area (Å²) in [5.41, 5.74) is 1.56. The number of hydrogen-bond acceptors (Lipinski definition) is 6. The first-order valence-corrected chi connectivity index (χ1v) is 12.9. The standard InChI is InChI=1S/C30H37NO6/c1-4-6-10-20-37-25-17-15-23(21-26(25)36-5-2)28-27(24(32)16-14-22-12-8-7-9-13-22)29(33)30(34)31(28)18-11-19-35-3/h7-9,12-17,21,28,33H,4-6,10-11,18-20H2,1-3H3. The van der Waals surface area contributed by atoms with Crippen LogP contribution in [0.5, 0.6) is 11.5 Å². The van der Waals surface area contributed by atoms with E-state index in [9.17, 15) is 14.7 Å². The number of rotatable bonds is 15. The highest BCUT2D eigenvalue weighted by Crippen LogP contribution is 2.41. The minimum Gasteiger partial charge on any atom is -0.503 e. The van der Waals surface area contributed by atoms with Crippen LogP contribution in [-0.4, -0.2) is 55.2 Å². The average Bonchev–Trinajstić information content (AvgIpc) is 3.16. The van der Waals surface area contributed by atoms with E-state index >= 15 is 0 Å². The molecule has 0 radical (unpaired) electrons. The Hall–Kier alpha value is -3.58. The Morgan fingerprint density at radius 1 is 1.00 bits per heavy atom. The van der Waals surface area contributed by atoms with E-state index < -0.39 is 23.5 Å². The summed E-state index contributed by atoms with van der Waals surface area (Å²) in [4.78, 5) is 28.0. The number of carbonyl (C=O) groups is 2. The van der Waals surface area contributed by atoms with Crippen molar-refractivity contribution in [1.82, 2.24) is 4.90 Å². The number of ether oxygens (including phenoxy) is 3. The number of ketones is 1. The zero-order chi connectivity index (χ0) is 26.6. The second-order valence-corrected chi connectivity index (χ2v) is 8.81. The summed E-state index contributed by atoms with van der Waals surface area (Å²) in [6.07, 6.45) is 6.75. The average molecular weight is 508 g/mol. The van der Waals surface area contributed by atoms with Gasteiger partial charge in [-0.3, -0.25) is 9.59 Å². The molecule has 0 bridgehead atoms. The fourth-order valence-corrected chi connectivity index (χ4v) is 4.30. The molecule has 0 fully saturated rings. The van der Waals surface area contributed by atoms with E-state index in [4.69, 9.17) is 14.2 Å². The van der Waals surface area contributed by atoms with Crippen LogP contribution < -0.4 is 9.47 Å². The molecule has 1 aliphatic heterocycles. The molecule has 0 saturated heterocycles. The third-order valence-corrected chi connectivity index (χ3v) is 6.13. The third kappa shape index (κ3) is 7.23. The molecule has 2 aromatic rings. The van der Waals surface area contributed by atoms with Gasteiger partial charge in [0, 0.05) is 20.3 Å². The number of benzene rings is 2. The molecule has 0 aliphatic carbocycles. The lowest BCUT2D eigenvalue weighted by Crippen LogP contribution is -2.32. The van der Waals surface area contributed by atoms with E-state index in [0.29, 0.717) is 49.8 Å². The monoisotopic (exact) mass is 507 g/mol. The van der Waals surface area contributed by atoms with Gasteiger partial charge in [-0.2, -0.15) is 0 Å². The molecule has 1 amide bonds. The molecule has 3 rings (SSSR count). The fourth-order valence-electron chi connectivity index (χ4n) is 4.30. The van der Waals surface area contributed by atoms with Crippen LogP contribution in [0.25, 0.3) is 6.08 Å². The van der Waals surface area contributed by atoms with E-state index in [0.717, 1.165) is 24.8 Å². The predicted molar refractivity (Wildman–Crippen MR) is 144 cm³/mol. The summed E-state index contributed by atoms with van der Waals surface area (Å²) in [7, 11) is 1.59. The molecule has 37 heavy (non-hydrogen) atoms. The Bertz CT molecular complexity index is 1110. The van der Waals surface area contributed by atoms with Gasteiger partial charge in [-0.05, 0) is 49.1 Å². The number of nitrogens with zero attached hydrogens (tertiary/aromatic N) is 1. The highest BCUT2D eigenvalue weighted by atomic mass is 16.5. The first-order chi connectivity index (χ1) is 18.0. The summed E-state index contributed by atoms with van der Waals surface area (Å²) in [6, 6.07) is 14.1. The summed E-state index contributed by atoms with van der Waals surface area (Å²) in [5, 5.41) is 10.8. The predicted octanol–water partition coefficient (Wildman–Crippen LogP) is 5.67. The molecule has 7 heteroatoms. The lowest BCUT2D eigenvalue weighted by Gasteiger charge is -2.27. The van der Waals surface area contributed by atoms with Crippen molar-refractivity contribution in [2.45, 2.75) is 45.6 Å². The van der Waals surface area contributed by atoms with E-state index in [2.05, 4.69) is 6.92 Å². The van der Waals surface area contributed by atoms with Crippen molar-refractivity contribution in [1.29, 1.82) is 0 Å². The van der Waals surface area contributed by atoms with Crippen molar-refractivity contribution in [3.63, 3.8) is 0 Å². The fraction of sp³-hybridized carbons (Fsp3) is 0.400. The molecule has 1 aliphatic rings. The van der Waals surface area contributed by atoms with Gasteiger partial charge >= 0.3 is 0 Å². The van der Waals surface area contributed by atoms with Crippen LogP contribution in [0, 0.1) is 0 Å². The summed E-state index contributed by atoms with van der Waals surface area (Å²) >= 11 is 0. The van der Waals surface area contributed by atoms with Crippen LogP contribution in [0.4, 0.5) is 0 Å². The molecule has 2 aromatic carbocycles. The summed E-state index contributed by atoms with van der Waals surface area (Å²) < 4.78 is 17.0. The first kappa shape index (κ1) is 28.0. The van der Waals surface area contributed by atoms with Crippen molar-refractivity contribution < 1.29 is 28.9 Å². The van der Waals surface area contributed by atoms with Crippen molar-refractivity contribution in [2.24, 2.45) is 0 Å². The van der Waals surface area contributed by atoms with Crippen molar-refractivity contribution in [3.05, 3.63) is 77.1 Å². The number of aliphatic hydroxyl groups is 1. The number of methoxy groups -OCH3 is 1. The summed E-state index contributed by atoms with van der Waals surface area (Å²) in [6.45, 7) is 5.80. The van der Waals surface area contributed by atoms with Crippen LogP contribution in [-0.2, 0) is 14.3 Å². The van der Waals surface area contributed by atoms with Crippen molar-refractivity contribution >= 4 is 17.8 Å². The van der Waals surface area contributed by atoms with Gasteiger partial charge in [-0.15, -0.1) is 0 Å². The van der Waals surface area contributed by atoms with Crippen LogP contribution >= 0.6 is 0 Å². The van der Waals surface area contributed by atoms with Gasteiger partial charge in [-0.1, -0.05) is 62.2 Å². The zero-order valence-corrected chi connectivity index (χ0v) is 21.9. The number of allylic oxidation sites excluding steroid dienone is 1. The smallest absolute Gasteiger partial charge is 0.290 e. The van der Waals surface area contributed by atoms with Gasteiger partial charge in [0.15, 0.2) is 23.0 Å². The largest absolute Gasteiger partial charge is 0.503 e. The van der Waals surface area contributed by atoms with E-state index in [1.165, 1.54) is 11.0 Å². The highest BCUT2D eigenvalue weighted by Gasteiger charge is 2.42. The summed E-state index contributed by atoms with van der Waals surface area (Å²) in [5.74, 6) is -0.369. The maximum absolute atomic E-state index is 13.4. The quantitative estimate of drug-likeness (QED) is 0.247. The number of carbonyl (C=O) groups excluding carboxylic acids is 2. The molecule has 1 atom stereocenters. The number of aliphatic hydroxyl groups excluding tert-OH is 1. The maximum Gasteiger partial charge on any atom is 0.290 e. The Labute approximate surface area is 219 Å². The SMILES string of the molecule is CCCCCOc1ccc(C2C(C(=O)C=Cc3ccccc3)=C(O)C(=O)N2CCCOC)cc1OCC. The second kappa shape index (κ2) is 14.2. The molecule has 1 N–H and O–H groups in total. The molecular weight excluding hydrogens is 470 g/mol. The molecule has 0 aromatic heterocycles. The van der Waals surface area contributed by atoms with Gasteiger partial charge in [0.2, 0.25) is 0 Å². The molecule has 1 heterocycles. The molecular formula is C30H37NO6. The van der Waals surface area contributed by atoms with E-state index in [1.54, 1.807) is 25.3 Å². The lowest BCUT2D eigenvalue weighted by atomic mass is 9.95. The van der Waals surface area contributed by atoms with E-state index in [1.807, 2.05) is 43.3 Å². The number of hydrogen-bond donors (Lipinski definition) is 1. The molecule has 198 valence electrons. The van der Waals surface area contributed by atoms with Crippen molar-refractivity contribution in [3.8, 4) is 11.5 Å². The Morgan fingerprint density at radius 2 is 1.78 bits per heavy atom. The minimum atomic E-state index is -0.759. The van der Waals surface area contributed by atoms with E-state index in [-0.39, 0.29) is 5.57 Å². The third-order valence-electron chi connectivity index (χ3n) is 6.13. The Morgan fingerprint density at radius 3 is 2.49 bits per heavy atom. The van der Waals surface area contributed by atoms with Crippen LogP contribution in [0.15, 0.2) is 65.9 Å². The van der Waals surface area contributed by atoms with Gasteiger partial charge < -0.3 is 24.2 Å². The second-order valence-electron chi connectivity index (χ2n) is 8.81. The zero-order valence-electron chi connectivity index (χ0n) is 21.9. The topological polar surface area (TPSA) is 85.3 Å². The minimum absolute atomic E-state index is 0.0497. The van der Waals surface area contributed by atoms with Gasteiger partial charge in [0.25, 0.3) is 5.91 Å². The number of unbranched alkanes of at least 4 members (excludes halogenated alkanes) is 2. The van der Waals surface area contributed by atoms with Crippen LogP contribution in [0.2, 0.25) is 0 Å². The van der Waals surface area contributed by atoms with Crippen molar-refractivity contribution in [2.75, 3.05) is 33.5 Å². The van der Waals surface area contributed by atoms with Crippen LogP contribution in [0.3, 0.4) is 0 Å². The Kier molecular flexibility index (Phi) is 10.8. The van der Waals surface area contributed by atoms with Gasteiger partial charge in [0.1, 0.15) is 0 Å². The lowest BCUT2D eigenvalue weighted by molar-refractivity contribution is -0.129. The highest BCUT2D eigenvalue weighted by molar-refractivity contribution is 6.14. The van der Waals surface area contributed by atoms with Crippen LogP contribution in [0.1, 0.15) is 56.7 Å². The molecule has 0 saturated carbocycles. The Balaban J connectivity index is 1.96. The first-order valence-electron chi connectivity index (χ1n) is 12.9. The number of amides is 1. The molecule has 0 spiro atoms. The van der Waals surface area contributed by atoms with Gasteiger partial charge in [0.05, 0.1) is 24.8 Å². The van der Waals surface area contributed by atoms with Gasteiger partial charge in [-0.25, -0.2) is 0 Å². The molecule has 7 nitrogen and oxygen atoms in total.